The van der Waals surface area contributed by atoms with Gasteiger partial charge in [-0.1, -0.05) is 6.07 Å². The molecule has 3 N–H and O–H groups in total. The van der Waals surface area contributed by atoms with Crippen LogP contribution < -0.4 is 16.0 Å². The number of rotatable bonds is 6. The molecule has 11 heteroatoms. The first-order valence-electron chi connectivity index (χ1n) is 8.03. The van der Waals surface area contributed by atoms with Crippen molar-refractivity contribution < 1.29 is 22.8 Å². The molecule has 0 radical (unpaired) electrons. The van der Waals surface area contributed by atoms with E-state index in [0.717, 1.165) is 0 Å². The number of hydrogen-bond donors (Lipinski definition) is 3. The molecule has 0 spiro atoms. The van der Waals surface area contributed by atoms with Crippen molar-refractivity contribution in [3.8, 4) is 0 Å². The van der Waals surface area contributed by atoms with Crippen LogP contribution in [-0.4, -0.2) is 41.4 Å². The van der Waals surface area contributed by atoms with Gasteiger partial charge in [0.05, 0.1) is 6.20 Å². The number of aryl methyl sites for hydroxylation is 2. The number of aromatic nitrogens is 2. The zero-order chi connectivity index (χ0) is 20.2. The van der Waals surface area contributed by atoms with E-state index in [9.17, 15) is 22.8 Å². The molecule has 0 aliphatic carbocycles. The molecule has 154 valence electrons. The fourth-order valence-corrected chi connectivity index (χ4v) is 2.42. The minimum Gasteiger partial charge on any atom is -0.343 e. The molecule has 1 aromatic carbocycles. The molecule has 28 heavy (non-hydrogen) atoms. The van der Waals surface area contributed by atoms with Gasteiger partial charge in [0.25, 0.3) is 5.91 Å². The van der Waals surface area contributed by atoms with Crippen molar-refractivity contribution in [2.75, 3.05) is 18.9 Å². The summed E-state index contributed by atoms with van der Waals surface area (Å²) in [4.78, 5) is 24.5. The number of nitrogens with one attached hydrogen (secondary N) is 3. The smallest absolute Gasteiger partial charge is 0.343 e. The predicted molar refractivity (Wildman–Crippen MR) is 100 cm³/mol. The minimum absolute atomic E-state index is 0. The lowest BCUT2D eigenvalue weighted by Gasteiger charge is -2.16. The summed E-state index contributed by atoms with van der Waals surface area (Å²) in [6.07, 6.45) is -1.26. The summed E-state index contributed by atoms with van der Waals surface area (Å²) in [7, 11) is 3.34. The van der Waals surface area contributed by atoms with Gasteiger partial charge >= 0.3 is 6.18 Å². The molecule has 0 aliphatic rings. The molecule has 1 heterocycles. The third kappa shape index (κ3) is 6.24. The lowest BCUT2D eigenvalue weighted by atomic mass is 10.1. The molecular formula is C17H21ClF3N5O2. The zero-order valence-electron chi connectivity index (χ0n) is 15.4. The SMILES string of the molecule is CNC(C(=O)Nc1cc(C(=O)NCC(F)(F)F)ccc1C)c1cnn(C)c1.Cl. The predicted octanol–water partition coefficient (Wildman–Crippen LogP) is 2.34. The standard InChI is InChI=1S/C17H20F3N5O2.ClH/c1-10-4-5-11(15(26)22-9-17(18,19)20)6-13(10)24-16(27)14(21-2)12-7-23-25(3)8-12;/h4-8,14,21H,9H2,1-3H3,(H,22,26)(H,24,27);1H. The third-order valence-electron chi connectivity index (χ3n) is 3.82. The van der Waals surface area contributed by atoms with E-state index in [1.54, 1.807) is 49.5 Å². The Labute approximate surface area is 166 Å². The molecule has 0 saturated heterocycles. The molecular weight excluding hydrogens is 399 g/mol. The van der Waals surface area contributed by atoms with Crippen LogP contribution in [0.1, 0.15) is 27.5 Å². The fourth-order valence-electron chi connectivity index (χ4n) is 2.42. The first-order valence-corrected chi connectivity index (χ1v) is 8.03. The highest BCUT2D eigenvalue weighted by Gasteiger charge is 2.28. The highest BCUT2D eigenvalue weighted by molar-refractivity contribution is 5.99. The molecule has 0 bridgehead atoms. The Balaban J connectivity index is 0.00000392. The Morgan fingerprint density at radius 3 is 2.50 bits per heavy atom. The highest BCUT2D eigenvalue weighted by Crippen LogP contribution is 2.20. The molecule has 0 fully saturated rings. The Morgan fingerprint density at radius 2 is 1.96 bits per heavy atom. The molecule has 2 amide bonds. The number of amides is 2. The fraction of sp³-hybridized carbons (Fsp3) is 0.353. The van der Waals surface area contributed by atoms with Crippen LogP contribution in [0.15, 0.2) is 30.6 Å². The number of hydrogen-bond acceptors (Lipinski definition) is 4. The molecule has 2 rings (SSSR count). The van der Waals surface area contributed by atoms with Gasteiger partial charge in [0.15, 0.2) is 0 Å². The maximum atomic E-state index is 12.6. The van der Waals surface area contributed by atoms with Gasteiger partial charge in [-0.2, -0.15) is 18.3 Å². The average molecular weight is 420 g/mol. The summed E-state index contributed by atoms with van der Waals surface area (Å²) in [6, 6.07) is 3.61. The highest BCUT2D eigenvalue weighted by atomic mass is 35.5. The average Bonchev–Trinajstić information content (AvgIpc) is 3.00. The molecule has 1 aromatic heterocycles. The molecule has 0 saturated carbocycles. The monoisotopic (exact) mass is 419 g/mol. The molecule has 1 unspecified atom stereocenters. The summed E-state index contributed by atoms with van der Waals surface area (Å²) in [6.45, 7) is 0.287. The summed E-state index contributed by atoms with van der Waals surface area (Å²) in [5, 5.41) is 11.4. The van der Waals surface area contributed by atoms with Gasteiger partial charge in [-0.05, 0) is 31.7 Å². The summed E-state index contributed by atoms with van der Waals surface area (Å²) in [5.41, 5.74) is 1.66. The van der Waals surface area contributed by atoms with E-state index in [4.69, 9.17) is 0 Å². The van der Waals surface area contributed by atoms with Crippen molar-refractivity contribution in [3.63, 3.8) is 0 Å². The Hall–Kier alpha value is -2.59. The lowest BCUT2D eigenvalue weighted by molar-refractivity contribution is -0.123. The van der Waals surface area contributed by atoms with E-state index >= 15 is 0 Å². The van der Waals surface area contributed by atoms with Gasteiger partial charge in [-0.15, -0.1) is 12.4 Å². The first kappa shape index (κ1) is 23.4. The van der Waals surface area contributed by atoms with Crippen LogP contribution in [0.4, 0.5) is 18.9 Å². The Kier molecular flexibility index (Phi) is 8.01. The van der Waals surface area contributed by atoms with E-state index in [1.165, 1.54) is 12.1 Å². The minimum atomic E-state index is -4.50. The molecule has 1 atom stereocenters. The van der Waals surface area contributed by atoms with E-state index in [2.05, 4.69) is 15.7 Å². The summed E-state index contributed by atoms with van der Waals surface area (Å²) >= 11 is 0. The van der Waals surface area contributed by atoms with Crippen molar-refractivity contribution in [2.45, 2.75) is 19.1 Å². The van der Waals surface area contributed by atoms with Crippen LogP contribution in [0.3, 0.4) is 0 Å². The quantitative estimate of drug-likeness (QED) is 0.670. The molecule has 2 aromatic rings. The van der Waals surface area contributed by atoms with Crippen molar-refractivity contribution in [1.82, 2.24) is 20.4 Å². The molecule has 0 aliphatic heterocycles. The second-order valence-corrected chi connectivity index (χ2v) is 5.99. The summed E-state index contributed by atoms with van der Waals surface area (Å²) in [5.74, 6) is -1.26. The van der Waals surface area contributed by atoms with Crippen molar-refractivity contribution >= 4 is 29.9 Å². The topological polar surface area (TPSA) is 88.1 Å². The second-order valence-electron chi connectivity index (χ2n) is 5.99. The van der Waals surface area contributed by atoms with Gasteiger partial charge in [0.2, 0.25) is 5.91 Å². The van der Waals surface area contributed by atoms with Gasteiger partial charge in [-0.25, -0.2) is 0 Å². The number of carbonyl (C=O) groups excluding carboxylic acids is 2. The van der Waals surface area contributed by atoms with Crippen LogP contribution in [0.2, 0.25) is 0 Å². The largest absolute Gasteiger partial charge is 0.405 e. The number of nitrogens with zero attached hydrogens (tertiary/aromatic N) is 2. The van der Waals surface area contributed by atoms with Gasteiger partial charge in [0.1, 0.15) is 12.6 Å². The second kappa shape index (κ2) is 9.56. The third-order valence-corrected chi connectivity index (χ3v) is 3.82. The van der Waals surface area contributed by atoms with Gasteiger partial charge in [0, 0.05) is 30.1 Å². The summed E-state index contributed by atoms with van der Waals surface area (Å²) < 4.78 is 38.3. The maximum absolute atomic E-state index is 12.6. The lowest BCUT2D eigenvalue weighted by Crippen LogP contribution is -2.34. The van der Waals surface area contributed by atoms with Crippen LogP contribution in [0.25, 0.3) is 0 Å². The normalized spacial score (nSPS) is 12.1. The van der Waals surface area contributed by atoms with Crippen molar-refractivity contribution in [3.05, 3.63) is 47.3 Å². The van der Waals surface area contributed by atoms with E-state index in [-0.39, 0.29) is 23.9 Å². The number of halogens is 4. The molecule has 7 nitrogen and oxygen atoms in total. The number of likely N-dealkylation sites (N-methyl/N-ethyl adjacent to an activating group) is 1. The Morgan fingerprint density at radius 1 is 1.29 bits per heavy atom. The van der Waals surface area contributed by atoms with Crippen LogP contribution in [0.5, 0.6) is 0 Å². The maximum Gasteiger partial charge on any atom is 0.405 e. The zero-order valence-corrected chi connectivity index (χ0v) is 16.2. The first-order chi connectivity index (χ1) is 12.6. The van der Waals surface area contributed by atoms with Crippen molar-refractivity contribution in [1.29, 1.82) is 0 Å². The van der Waals surface area contributed by atoms with Crippen LogP contribution in [-0.2, 0) is 11.8 Å². The van der Waals surface area contributed by atoms with E-state index < -0.39 is 24.7 Å². The van der Waals surface area contributed by atoms with Crippen molar-refractivity contribution in [2.24, 2.45) is 7.05 Å². The van der Waals surface area contributed by atoms with E-state index in [0.29, 0.717) is 16.8 Å². The Bertz CT molecular complexity index is 838. The number of carbonyl (C=O) groups is 2. The number of anilines is 1. The number of alkyl halides is 3. The van der Waals surface area contributed by atoms with Crippen LogP contribution in [0, 0.1) is 6.92 Å². The van der Waals surface area contributed by atoms with Gasteiger partial charge in [-0.3, -0.25) is 14.3 Å². The van der Waals surface area contributed by atoms with Gasteiger partial charge < -0.3 is 16.0 Å². The number of benzene rings is 1. The van der Waals surface area contributed by atoms with E-state index in [1.807, 2.05) is 0 Å². The van der Waals surface area contributed by atoms with Crippen LogP contribution >= 0.6 is 12.4 Å².